The Morgan fingerprint density at radius 1 is 1.43 bits per heavy atom. The van der Waals surface area contributed by atoms with Crippen LogP contribution in [-0.4, -0.2) is 46.2 Å². The van der Waals surface area contributed by atoms with Crippen LogP contribution in [0.4, 0.5) is 0 Å². The zero-order valence-corrected chi connectivity index (χ0v) is 12.2. The molecule has 21 heavy (non-hydrogen) atoms. The van der Waals surface area contributed by atoms with Crippen molar-refractivity contribution in [3.63, 3.8) is 0 Å². The molecule has 1 aliphatic rings. The molecule has 0 spiro atoms. The Labute approximate surface area is 124 Å². The van der Waals surface area contributed by atoms with Gasteiger partial charge in [0.05, 0.1) is 11.9 Å². The van der Waals surface area contributed by atoms with Crippen LogP contribution in [0, 0.1) is 0 Å². The van der Waals surface area contributed by atoms with Gasteiger partial charge in [-0.3, -0.25) is 9.00 Å². The van der Waals surface area contributed by atoms with E-state index in [9.17, 15) is 13.8 Å². The minimum Gasteiger partial charge on any atom is -0.475 e. The normalized spacial score (nSPS) is 19.3. The molecule has 116 valence electrons. The van der Waals surface area contributed by atoms with Crippen LogP contribution in [0.15, 0.2) is 16.5 Å². The van der Waals surface area contributed by atoms with Gasteiger partial charge in [0.2, 0.25) is 11.7 Å². The second-order valence-electron chi connectivity index (χ2n) is 4.74. The van der Waals surface area contributed by atoms with E-state index in [1.165, 1.54) is 12.1 Å². The van der Waals surface area contributed by atoms with Gasteiger partial charge in [0.1, 0.15) is 11.5 Å². The first-order valence-electron chi connectivity index (χ1n) is 6.60. The Bertz CT molecular complexity index is 535. The molecule has 1 aromatic heterocycles. The van der Waals surface area contributed by atoms with Gasteiger partial charge in [0, 0.05) is 24.0 Å². The van der Waals surface area contributed by atoms with Crippen molar-refractivity contribution in [2.45, 2.75) is 24.7 Å². The van der Waals surface area contributed by atoms with Crippen molar-refractivity contribution in [1.82, 2.24) is 5.32 Å². The van der Waals surface area contributed by atoms with Crippen molar-refractivity contribution in [2.75, 3.05) is 18.9 Å². The SMILES string of the molecule is O=C(CS(=O)Cc1ccc(C(=O)O)o1)NCC1CCCO1. The van der Waals surface area contributed by atoms with Crippen LogP contribution in [-0.2, 0) is 26.1 Å². The molecule has 2 rings (SSSR count). The van der Waals surface area contributed by atoms with Crippen molar-refractivity contribution < 1.29 is 28.1 Å². The smallest absolute Gasteiger partial charge is 0.371 e. The van der Waals surface area contributed by atoms with E-state index in [1.807, 2.05) is 0 Å². The molecule has 0 bridgehead atoms. The molecule has 1 aliphatic heterocycles. The molecule has 0 radical (unpaired) electrons. The Morgan fingerprint density at radius 2 is 2.24 bits per heavy atom. The van der Waals surface area contributed by atoms with Gasteiger partial charge in [-0.15, -0.1) is 0 Å². The van der Waals surface area contributed by atoms with Crippen LogP contribution >= 0.6 is 0 Å². The van der Waals surface area contributed by atoms with Crippen LogP contribution in [0.5, 0.6) is 0 Å². The third-order valence-corrected chi connectivity index (χ3v) is 4.21. The van der Waals surface area contributed by atoms with Crippen molar-refractivity contribution in [2.24, 2.45) is 0 Å². The second kappa shape index (κ2) is 7.37. The summed E-state index contributed by atoms with van der Waals surface area (Å²) in [5.41, 5.74) is 0. The van der Waals surface area contributed by atoms with Gasteiger partial charge in [-0.25, -0.2) is 4.79 Å². The summed E-state index contributed by atoms with van der Waals surface area (Å²) in [5.74, 6) is -1.53. The third kappa shape index (κ3) is 4.98. The summed E-state index contributed by atoms with van der Waals surface area (Å²) in [6.07, 6.45) is 1.97. The standard InChI is InChI=1S/C13H17NO6S/c15-12(14-6-9-2-1-5-19-9)8-21(18)7-10-3-4-11(20-10)13(16)17/h3-4,9H,1-2,5-8H2,(H,14,15)(H,16,17). The number of aromatic carboxylic acids is 1. The van der Waals surface area contributed by atoms with Gasteiger partial charge < -0.3 is 19.6 Å². The molecule has 8 heteroatoms. The molecule has 2 unspecified atom stereocenters. The Kier molecular flexibility index (Phi) is 5.51. The third-order valence-electron chi connectivity index (χ3n) is 3.02. The Morgan fingerprint density at radius 3 is 2.86 bits per heavy atom. The first-order chi connectivity index (χ1) is 10.0. The van der Waals surface area contributed by atoms with Crippen molar-refractivity contribution in [3.05, 3.63) is 23.7 Å². The number of carboxylic acids is 1. The van der Waals surface area contributed by atoms with Crippen LogP contribution in [0.25, 0.3) is 0 Å². The number of hydrogen-bond donors (Lipinski definition) is 2. The van der Waals surface area contributed by atoms with Gasteiger partial charge in [0.25, 0.3) is 0 Å². The molecule has 0 saturated carbocycles. The van der Waals surface area contributed by atoms with E-state index >= 15 is 0 Å². The molecule has 7 nitrogen and oxygen atoms in total. The fourth-order valence-electron chi connectivity index (χ4n) is 2.01. The average molecular weight is 315 g/mol. The number of furan rings is 1. The summed E-state index contributed by atoms with van der Waals surface area (Å²) in [6.45, 7) is 1.15. The Balaban J connectivity index is 1.72. The molecule has 2 N–H and O–H groups in total. The van der Waals surface area contributed by atoms with Crippen LogP contribution in [0.1, 0.15) is 29.2 Å². The monoisotopic (exact) mass is 315 g/mol. The first-order valence-corrected chi connectivity index (χ1v) is 8.08. The summed E-state index contributed by atoms with van der Waals surface area (Å²) in [4.78, 5) is 22.3. The largest absolute Gasteiger partial charge is 0.475 e. The van der Waals surface area contributed by atoms with E-state index in [0.717, 1.165) is 19.4 Å². The summed E-state index contributed by atoms with van der Waals surface area (Å²) >= 11 is 0. The highest BCUT2D eigenvalue weighted by molar-refractivity contribution is 7.84. The number of amides is 1. The van der Waals surface area contributed by atoms with E-state index < -0.39 is 16.8 Å². The summed E-state index contributed by atoms with van der Waals surface area (Å²) < 4.78 is 22.2. The number of carbonyl (C=O) groups excluding carboxylic acids is 1. The van der Waals surface area contributed by atoms with Crippen LogP contribution in [0.2, 0.25) is 0 Å². The summed E-state index contributed by atoms with van der Waals surface area (Å²) in [6, 6.07) is 2.75. The molecular weight excluding hydrogens is 298 g/mol. The number of ether oxygens (including phenoxy) is 1. The molecule has 1 amide bonds. The molecular formula is C13H17NO6S. The zero-order valence-electron chi connectivity index (χ0n) is 11.4. The van der Waals surface area contributed by atoms with Crippen LogP contribution in [0.3, 0.4) is 0 Å². The van der Waals surface area contributed by atoms with Crippen LogP contribution < -0.4 is 5.32 Å². The molecule has 1 saturated heterocycles. The lowest BCUT2D eigenvalue weighted by atomic mass is 10.2. The van der Waals surface area contributed by atoms with E-state index in [0.29, 0.717) is 6.54 Å². The maximum Gasteiger partial charge on any atom is 0.371 e. The van der Waals surface area contributed by atoms with Gasteiger partial charge >= 0.3 is 5.97 Å². The van der Waals surface area contributed by atoms with Gasteiger partial charge in [0.15, 0.2) is 0 Å². The highest BCUT2D eigenvalue weighted by atomic mass is 32.2. The number of rotatable bonds is 7. The van der Waals surface area contributed by atoms with Gasteiger partial charge in [-0.1, -0.05) is 0 Å². The Hall–Kier alpha value is -1.67. The number of carbonyl (C=O) groups is 2. The molecule has 0 aromatic carbocycles. The number of carboxylic acid groups (broad SMARTS) is 1. The van der Waals surface area contributed by atoms with E-state index in [4.69, 9.17) is 14.3 Å². The number of nitrogens with one attached hydrogen (secondary N) is 1. The minimum absolute atomic E-state index is 0.0145. The molecule has 2 atom stereocenters. The van der Waals surface area contributed by atoms with Crippen molar-refractivity contribution in [3.8, 4) is 0 Å². The van der Waals surface area contributed by atoms with Crippen molar-refractivity contribution in [1.29, 1.82) is 0 Å². The fraction of sp³-hybridized carbons (Fsp3) is 0.538. The maximum atomic E-state index is 11.8. The van der Waals surface area contributed by atoms with Gasteiger partial charge in [-0.2, -0.15) is 0 Å². The fourth-order valence-corrected chi connectivity index (χ4v) is 2.98. The molecule has 0 aliphatic carbocycles. The molecule has 1 fully saturated rings. The summed E-state index contributed by atoms with van der Waals surface area (Å²) in [7, 11) is -1.44. The predicted octanol–water partition coefficient (Wildman–Crippen LogP) is 0.522. The molecule has 2 heterocycles. The van der Waals surface area contributed by atoms with E-state index in [1.54, 1.807) is 0 Å². The lowest BCUT2D eigenvalue weighted by molar-refractivity contribution is -0.119. The summed E-state index contributed by atoms with van der Waals surface area (Å²) in [5, 5.41) is 11.4. The quantitative estimate of drug-likeness (QED) is 0.760. The number of hydrogen-bond acceptors (Lipinski definition) is 5. The predicted molar refractivity (Wildman–Crippen MR) is 74.4 cm³/mol. The average Bonchev–Trinajstić information content (AvgIpc) is 3.06. The van der Waals surface area contributed by atoms with Gasteiger partial charge in [-0.05, 0) is 25.0 Å². The van der Waals surface area contributed by atoms with Crippen molar-refractivity contribution >= 4 is 22.7 Å². The topological polar surface area (TPSA) is 106 Å². The minimum atomic E-state index is -1.44. The van der Waals surface area contributed by atoms with E-state index in [2.05, 4.69) is 5.32 Å². The second-order valence-corrected chi connectivity index (χ2v) is 6.20. The van der Waals surface area contributed by atoms with E-state index in [-0.39, 0.29) is 35.0 Å². The molecule has 1 aromatic rings. The lowest BCUT2D eigenvalue weighted by Gasteiger charge is -2.10. The highest BCUT2D eigenvalue weighted by Gasteiger charge is 2.17. The first kappa shape index (κ1) is 15.7. The lowest BCUT2D eigenvalue weighted by Crippen LogP contribution is -2.34. The maximum absolute atomic E-state index is 11.8. The highest BCUT2D eigenvalue weighted by Crippen LogP contribution is 2.11. The zero-order chi connectivity index (χ0) is 15.2.